The number of hydrogen-bond acceptors (Lipinski definition) is 3. The Balaban J connectivity index is 1.62. The summed E-state index contributed by atoms with van der Waals surface area (Å²) >= 11 is 5.89. The summed E-state index contributed by atoms with van der Waals surface area (Å²) in [6.07, 6.45) is 2.63. The Morgan fingerprint density at radius 3 is 2.32 bits per heavy atom. The van der Waals surface area contributed by atoms with Crippen molar-refractivity contribution in [1.82, 2.24) is 9.55 Å². The molecule has 0 spiro atoms. The van der Waals surface area contributed by atoms with Crippen molar-refractivity contribution in [3.05, 3.63) is 76.8 Å². The van der Waals surface area contributed by atoms with E-state index in [0.717, 1.165) is 25.0 Å². The van der Waals surface area contributed by atoms with Gasteiger partial charge in [-0.3, -0.25) is 9.59 Å². The van der Waals surface area contributed by atoms with Crippen LogP contribution >= 0.6 is 11.6 Å². The summed E-state index contributed by atoms with van der Waals surface area (Å²) in [5, 5.41) is 6.27. The van der Waals surface area contributed by atoms with Crippen molar-refractivity contribution in [2.75, 3.05) is 10.6 Å². The number of halogens is 1. The average molecular weight is 395 g/mol. The molecular formula is C21H19ClN4O2. The van der Waals surface area contributed by atoms with Crippen LogP contribution in [0.2, 0.25) is 5.02 Å². The van der Waals surface area contributed by atoms with Crippen molar-refractivity contribution >= 4 is 34.8 Å². The van der Waals surface area contributed by atoms with E-state index in [9.17, 15) is 9.59 Å². The smallest absolute Gasteiger partial charge is 0.291 e. The molecule has 28 heavy (non-hydrogen) atoms. The number of carbonyl (C=O) groups is 2. The molecule has 7 heteroatoms. The van der Waals surface area contributed by atoms with Crippen LogP contribution in [0.3, 0.4) is 0 Å². The second-order valence-electron chi connectivity index (χ2n) is 6.62. The van der Waals surface area contributed by atoms with E-state index >= 15 is 0 Å². The lowest BCUT2D eigenvalue weighted by Gasteiger charge is -2.17. The van der Waals surface area contributed by atoms with Gasteiger partial charge >= 0.3 is 0 Å². The SMILES string of the molecule is O=C(Nc1ccc(Cl)cc1)c1nc(C(=O)Nc2ccccc2)n2c1CCCC2. The van der Waals surface area contributed by atoms with Gasteiger partial charge in [-0.2, -0.15) is 0 Å². The molecule has 142 valence electrons. The number of imidazole rings is 1. The highest BCUT2D eigenvalue weighted by Crippen LogP contribution is 2.23. The molecule has 0 radical (unpaired) electrons. The van der Waals surface area contributed by atoms with Gasteiger partial charge < -0.3 is 15.2 Å². The fourth-order valence-corrected chi connectivity index (χ4v) is 3.46. The molecule has 2 aromatic carbocycles. The third kappa shape index (κ3) is 3.77. The lowest BCUT2D eigenvalue weighted by molar-refractivity contribution is 0.101. The lowest BCUT2D eigenvalue weighted by Crippen LogP contribution is -2.21. The maximum atomic E-state index is 12.8. The number of anilines is 2. The molecule has 0 aliphatic carbocycles. The van der Waals surface area contributed by atoms with Gasteiger partial charge in [0.15, 0.2) is 11.5 Å². The predicted octanol–water partition coefficient (Wildman–Crippen LogP) is 4.38. The van der Waals surface area contributed by atoms with Gasteiger partial charge in [0.25, 0.3) is 11.8 Å². The Labute approximate surface area is 167 Å². The zero-order chi connectivity index (χ0) is 19.5. The second kappa shape index (κ2) is 7.86. The van der Waals surface area contributed by atoms with E-state index in [1.807, 2.05) is 34.9 Å². The minimum absolute atomic E-state index is 0.264. The van der Waals surface area contributed by atoms with Crippen LogP contribution < -0.4 is 10.6 Å². The van der Waals surface area contributed by atoms with E-state index in [4.69, 9.17) is 11.6 Å². The first-order valence-electron chi connectivity index (χ1n) is 9.14. The van der Waals surface area contributed by atoms with Crippen molar-refractivity contribution < 1.29 is 9.59 Å². The van der Waals surface area contributed by atoms with Crippen LogP contribution in [0.4, 0.5) is 11.4 Å². The summed E-state index contributed by atoms with van der Waals surface area (Å²) in [5.74, 6) is -0.383. The molecule has 0 bridgehead atoms. The number of aromatic nitrogens is 2. The Morgan fingerprint density at radius 1 is 0.893 bits per heavy atom. The molecule has 1 aromatic heterocycles. The summed E-state index contributed by atoms with van der Waals surface area (Å²) in [7, 11) is 0. The van der Waals surface area contributed by atoms with Crippen LogP contribution in [0.5, 0.6) is 0 Å². The minimum Gasteiger partial charge on any atom is -0.323 e. The molecule has 2 heterocycles. The first-order chi connectivity index (χ1) is 13.6. The molecule has 2 N–H and O–H groups in total. The minimum atomic E-state index is -0.327. The topological polar surface area (TPSA) is 76.0 Å². The van der Waals surface area contributed by atoms with E-state index in [1.54, 1.807) is 24.3 Å². The lowest BCUT2D eigenvalue weighted by atomic mass is 10.1. The Kier molecular flexibility index (Phi) is 5.12. The van der Waals surface area contributed by atoms with Gasteiger partial charge in [0.2, 0.25) is 0 Å². The fourth-order valence-electron chi connectivity index (χ4n) is 3.33. The summed E-state index contributed by atoms with van der Waals surface area (Å²) in [6, 6.07) is 16.1. The van der Waals surface area contributed by atoms with Gasteiger partial charge in [-0.1, -0.05) is 29.8 Å². The van der Waals surface area contributed by atoms with Crippen molar-refractivity contribution in [3.63, 3.8) is 0 Å². The number of carbonyl (C=O) groups excluding carboxylic acids is 2. The van der Waals surface area contributed by atoms with Gasteiger partial charge in [0, 0.05) is 22.9 Å². The zero-order valence-corrected chi connectivity index (χ0v) is 15.9. The predicted molar refractivity (Wildman–Crippen MR) is 109 cm³/mol. The monoisotopic (exact) mass is 394 g/mol. The van der Waals surface area contributed by atoms with Crippen molar-refractivity contribution in [3.8, 4) is 0 Å². The average Bonchev–Trinajstić information content (AvgIpc) is 3.10. The first kappa shape index (κ1) is 18.3. The molecule has 0 atom stereocenters. The molecule has 0 fully saturated rings. The van der Waals surface area contributed by atoms with Crippen LogP contribution in [0, 0.1) is 0 Å². The number of benzene rings is 2. The van der Waals surface area contributed by atoms with Crippen LogP contribution in [0.25, 0.3) is 0 Å². The summed E-state index contributed by atoms with van der Waals surface area (Å²) in [6.45, 7) is 0.675. The number of fused-ring (bicyclic) bond motifs is 1. The van der Waals surface area contributed by atoms with E-state index in [-0.39, 0.29) is 17.6 Å². The number of hydrogen-bond donors (Lipinski definition) is 2. The third-order valence-electron chi connectivity index (χ3n) is 4.67. The van der Waals surface area contributed by atoms with Gasteiger partial charge in [-0.05, 0) is 55.7 Å². The van der Waals surface area contributed by atoms with E-state index in [1.165, 1.54) is 0 Å². The van der Waals surface area contributed by atoms with Crippen molar-refractivity contribution in [2.45, 2.75) is 25.8 Å². The van der Waals surface area contributed by atoms with E-state index in [2.05, 4.69) is 15.6 Å². The first-order valence-corrected chi connectivity index (χ1v) is 9.52. The quantitative estimate of drug-likeness (QED) is 0.689. The maximum absolute atomic E-state index is 12.8. The number of amides is 2. The standard InChI is InChI=1S/C21H19ClN4O2/c22-14-9-11-16(12-10-14)23-20(27)18-17-8-4-5-13-26(17)19(25-18)21(28)24-15-6-2-1-3-7-15/h1-3,6-7,9-12H,4-5,8,13H2,(H,23,27)(H,24,28). The van der Waals surface area contributed by atoms with Crippen LogP contribution in [0.15, 0.2) is 54.6 Å². The molecule has 2 amide bonds. The number of nitrogens with zero attached hydrogens (tertiary/aromatic N) is 2. The van der Waals surface area contributed by atoms with Crippen molar-refractivity contribution in [1.29, 1.82) is 0 Å². The molecule has 0 saturated heterocycles. The molecule has 1 aliphatic rings. The van der Waals surface area contributed by atoms with Gasteiger partial charge in [0.05, 0.1) is 5.69 Å². The zero-order valence-electron chi connectivity index (χ0n) is 15.1. The van der Waals surface area contributed by atoms with Gasteiger partial charge in [-0.25, -0.2) is 4.98 Å². The molecule has 4 rings (SSSR count). The Hall–Kier alpha value is -3.12. The summed E-state index contributed by atoms with van der Waals surface area (Å²) in [5.41, 5.74) is 2.42. The Morgan fingerprint density at radius 2 is 1.57 bits per heavy atom. The highest BCUT2D eigenvalue weighted by atomic mass is 35.5. The molecule has 0 unspecified atom stereocenters. The Bertz CT molecular complexity index is 1010. The summed E-state index contributed by atoms with van der Waals surface area (Å²) < 4.78 is 1.86. The van der Waals surface area contributed by atoms with Crippen LogP contribution in [-0.4, -0.2) is 21.4 Å². The van der Waals surface area contributed by atoms with Gasteiger partial charge in [-0.15, -0.1) is 0 Å². The van der Waals surface area contributed by atoms with Crippen LogP contribution in [-0.2, 0) is 13.0 Å². The molecule has 3 aromatic rings. The van der Waals surface area contributed by atoms with Crippen LogP contribution in [0.1, 0.15) is 39.6 Å². The van der Waals surface area contributed by atoms with Crippen molar-refractivity contribution in [2.24, 2.45) is 0 Å². The number of nitrogens with one attached hydrogen (secondary N) is 2. The number of para-hydroxylation sites is 1. The fraction of sp³-hybridized carbons (Fsp3) is 0.190. The van der Waals surface area contributed by atoms with Gasteiger partial charge in [0.1, 0.15) is 0 Å². The molecule has 6 nitrogen and oxygen atoms in total. The third-order valence-corrected chi connectivity index (χ3v) is 4.92. The highest BCUT2D eigenvalue weighted by Gasteiger charge is 2.27. The number of rotatable bonds is 4. The normalized spacial score (nSPS) is 12.9. The second-order valence-corrected chi connectivity index (χ2v) is 7.06. The molecular weight excluding hydrogens is 376 g/mol. The molecule has 1 aliphatic heterocycles. The van der Waals surface area contributed by atoms with E-state index in [0.29, 0.717) is 28.6 Å². The summed E-state index contributed by atoms with van der Waals surface area (Å²) in [4.78, 5) is 30.0. The largest absolute Gasteiger partial charge is 0.323 e. The maximum Gasteiger partial charge on any atom is 0.291 e. The molecule has 0 saturated carbocycles. The highest BCUT2D eigenvalue weighted by molar-refractivity contribution is 6.30. The van der Waals surface area contributed by atoms with E-state index < -0.39 is 0 Å².